The van der Waals surface area contributed by atoms with Gasteiger partial charge in [0.2, 0.25) is 0 Å². The molecule has 481 valence electrons. The van der Waals surface area contributed by atoms with E-state index < -0.39 is 0 Å². The van der Waals surface area contributed by atoms with E-state index in [1.54, 1.807) is 28.2 Å². The first-order chi connectivity index (χ1) is 42.5. The number of nitrogens with zero attached hydrogens (tertiary/aromatic N) is 23. The van der Waals surface area contributed by atoms with Gasteiger partial charge in [0.15, 0.2) is 0 Å². The maximum Gasteiger partial charge on any atom is 2.00 e. The molecule has 0 bridgehead atoms. The number of aliphatic imine (C=N–C) groups is 6. The van der Waals surface area contributed by atoms with Gasteiger partial charge in [0.25, 0.3) is 0 Å². The van der Waals surface area contributed by atoms with Gasteiger partial charge >= 0.3 is 17.1 Å². The Kier molecular flexibility index (Phi) is 57.9. The van der Waals surface area contributed by atoms with E-state index in [-0.39, 0.29) is 279 Å². The minimum absolute atomic E-state index is 0. The molecule has 12 rings (SSSR count). The molecule has 36 heteroatoms. The summed E-state index contributed by atoms with van der Waals surface area (Å²) in [6, 6.07) is 31.9. The number of aromatic nitrogens is 13. The Labute approximate surface area is 773 Å². The summed E-state index contributed by atoms with van der Waals surface area (Å²) < 4.78 is 0. The van der Waals surface area contributed by atoms with E-state index in [2.05, 4.69) is 209 Å². The first kappa shape index (κ1) is 98.9. The fourth-order valence-corrected chi connectivity index (χ4v) is 7.99. The first-order valence-electron chi connectivity index (χ1n) is 27.0. The van der Waals surface area contributed by atoms with Crippen molar-refractivity contribution in [1.82, 2.24) is 79.5 Å². The third-order valence-electron chi connectivity index (χ3n) is 12.1. The van der Waals surface area contributed by atoms with Crippen LogP contribution in [0.15, 0.2) is 127 Å². The van der Waals surface area contributed by atoms with E-state index in [0.717, 1.165) is 38.6 Å². The molecule has 0 saturated carbocycles. The summed E-state index contributed by atoms with van der Waals surface area (Å²) in [5, 5.41) is 17.5. The summed E-state index contributed by atoms with van der Waals surface area (Å²) in [4.78, 5) is 82.2. The number of amidine groups is 5. The molecule has 96 heavy (non-hydrogen) atoms. The maximum absolute atomic E-state index is 4.95. The molecule has 0 fully saturated rings. The summed E-state index contributed by atoms with van der Waals surface area (Å²) in [5.41, 5.74) is 5.77. The fourth-order valence-electron chi connectivity index (χ4n) is 7.99. The Morgan fingerprint density at radius 1 is 0.438 bits per heavy atom. The predicted octanol–water partition coefficient (Wildman–Crippen LogP) is 5.36. The molecule has 3 aliphatic rings. The van der Waals surface area contributed by atoms with Gasteiger partial charge in [0, 0.05) is 302 Å². The molecule has 8 heterocycles. The van der Waals surface area contributed by atoms with Crippen molar-refractivity contribution in [1.29, 1.82) is 0 Å². The van der Waals surface area contributed by atoms with E-state index in [1.807, 2.05) is 91.0 Å². The van der Waals surface area contributed by atoms with Crippen molar-refractivity contribution < 1.29 is 279 Å². The second-order valence-electron chi connectivity index (χ2n) is 18.8. The van der Waals surface area contributed by atoms with Crippen molar-refractivity contribution in [3.63, 3.8) is 0 Å². The molecule has 3 aliphatic heterocycles. The van der Waals surface area contributed by atoms with E-state index >= 15 is 0 Å². The van der Waals surface area contributed by atoms with Crippen LogP contribution in [-0.2, 0) is 285 Å². The van der Waals surface area contributed by atoms with Crippen LogP contribution in [0.4, 0.5) is 35.4 Å². The van der Waals surface area contributed by atoms with E-state index in [9.17, 15) is 0 Å². The van der Waals surface area contributed by atoms with Crippen LogP contribution in [0.1, 0.15) is 46.2 Å². The molecule has 0 atom stereocenters. The number of nitrogens with one attached hydrogen (secondary N) is 4. The quantitative estimate of drug-likeness (QED) is 0.0605. The summed E-state index contributed by atoms with van der Waals surface area (Å²) >= 11 is 0. The monoisotopic (exact) mass is 1940 g/mol. The van der Waals surface area contributed by atoms with Gasteiger partial charge in [-0.05, 0) is 154 Å². The number of anilines is 4. The van der Waals surface area contributed by atoms with E-state index in [1.165, 1.54) is 44.6 Å². The summed E-state index contributed by atoms with van der Waals surface area (Å²) in [6.07, 6.45) is 21.2. The number of rotatable bonds is 14. The van der Waals surface area contributed by atoms with Gasteiger partial charge in [0.05, 0.1) is 24.1 Å². The van der Waals surface area contributed by atoms with Crippen LogP contribution in [0, 0.1) is 50.6 Å². The Hall–Kier alpha value is -1.29. The van der Waals surface area contributed by atoms with Crippen LogP contribution < -0.4 is 26.3 Å². The molecule has 5 aromatic heterocycles. The Bertz CT molecular complexity index is 3580. The Morgan fingerprint density at radius 2 is 0.792 bits per heavy atom. The minimum Gasteiger partial charge on any atom is -0.505 e. The van der Waals surface area contributed by atoms with Gasteiger partial charge in [-0.25, -0.2) is 4.99 Å². The third kappa shape index (κ3) is 33.0. The topological polar surface area (TPSA) is 315 Å². The number of hydrogen-bond acceptors (Lipinski definition) is 24. The normalized spacial score (nSPS) is 12.3. The maximum atomic E-state index is 4.95. The van der Waals surface area contributed by atoms with E-state index in [4.69, 9.17) is 25.3 Å². The van der Waals surface area contributed by atoms with Crippen molar-refractivity contribution in [2.24, 2.45) is 30.0 Å². The van der Waals surface area contributed by atoms with Crippen LogP contribution in [0.5, 0.6) is 0 Å². The van der Waals surface area contributed by atoms with Crippen molar-refractivity contribution in [2.45, 2.75) is 19.4 Å². The van der Waals surface area contributed by atoms with Crippen molar-refractivity contribution in [2.75, 3.05) is 111 Å². The Balaban J connectivity index is -0.00000130. The van der Waals surface area contributed by atoms with Gasteiger partial charge in [-0.3, -0.25) is 4.99 Å². The first-order valence-corrected chi connectivity index (χ1v) is 27.0. The molecule has 0 saturated heterocycles. The van der Waals surface area contributed by atoms with Crippen LogP contribution in [0.3, 0.4) is 0 Å². The molecule has 4 aromatic carbocycles. The molecule has 0 unspecified atom stereocenters. The SMILES string of the molecule is C=Nc1[n-]c(N=C2N=C(N=C3[N-]C(=NC4=NCc5ccccc54)c4ccccc43)c3ccccc32)c2ccccc12.CN(C)CCCN(C)CCCN(C)C.CNc1n[c-]n[c-]n1.CNc1n[c-]n[c-]n1.CNc1n[c-]n[c-]n1.CNc1n[c-]n[c-]n1.[Cu+2].[Y].[Y].[Y].[Y].[Y].[Y].[Y].[Y]. The average molecular weight is 1940 g/mol. The number of fused-ring (bicyclic) bond motifs is 4. The largest absolute Gasteiger partial charge is 2.00 e. The summed E-state index contributed by atoms with van der Waals surface area (Å²) in [6.45, 7) is 9.10. The smallest absolute Gasteiger partial charge is 0.505 e. The number of hydrogen-bond donors (Lipinski definition) is 4. The predicted molar refractivity (Wildman–Crippen MR) is 337 cm³/mol. The van der Waals surface area contributed by atoms with E-state index in [0.29, 0.717) is 71.2 Å². The molecular formula is C60H63CuN27Y8-8. The molecule has 0 aliphatic carbocycles. The second-order valence-corrected chi connectivity index (χ2v) is 18.8. The van der Waals surface area contributed by atoms with Gasteiger partial charge in [0.1, 0.15) is 0 Å². The van der Waals surface area contributed by atoms with Crippen LogP contribution in [-0.4, -0.2) is 200 Å². The average Bonchev–Trinajstić information content (AvgIpc) is 1.64. The molecular weight excluding hydrogens is 1870 g/mol. The second kappa shape index (κ2) is 56.2. The zero-order valence-electron chi connectivity index (χ0n) is 54.6. The van der Waals surface area contributed by atoms with Crippen LogP contribution in [0.2, 0.25) is 0 Å². The summed E-state index contributed by atoms with van der Waals surface area (Å²) in [5.74, 6) is 5.96. The van der Waals surface area contributed by atoms with Crippen LogP contribution >= 0.6 is 0 Å². The molecule has 9 aromatic rings. The zero-order valence-corrected chi connectivity index (χ0v) is 78.2. The Morgan fingerprint density at radius 3 is 1.18 bits per heavy atom. The molecule has 27 nitrogen and oxygen atoms in total. The minimum atomic E-state index is 0. The fraction of sp³-hybridized carbons (Fsp3) is 0.267. The van der Waals surface area contributed by atoms with Gasteiger partial charge in [-0.1, -0.05) is 104 Å². The standard InChI is InChI=1S/C33H20N8.C11H27N3.4C4H4N4.Cu.8Y/c1-34-27-21-12-4-5-13-22(21)29(36-27)38-31-25-16-8-9-17-26(25)33(40-31)41-32-24-15-7-6-14-23(24)30(39-32)37-28-20-11-3-2-10-19(20)18-35-28;1-12(2)8-6-10-14(5)11-7-9-13(3)4;4*1-5-4-7-2-6-3-8-4;;;;;;;;;/h2-17H,1,18H2;6-11H2,1-5H3;4*1H3,(H,5,6,7,8);;;;;;;;;/q-2;;4*-2;+2;;;;;;;;. The van der Waals surface area contributed by atoms with Crippen molar-refractivity contribution in [3.8, 4) is 0 Å². The van der Waals surface area contributed by atoms with Gasteiger partial charge < -0.3 is 126 Å². The van der Waals surface area contributed by atoms with Gasteiger partial charge in [-0.15, -0.1) is 0 Å². The molecule has 0 amide bonds. The van der Waals surface area contributed by atoms with Crippen molar-refractivity contribution in [3.05, 3.63) is 186 Å². The number of benzene rings is 4. The molecule has 9 radical (unpaired) electrons. The molecule has 4 N–H and O–H groups in total. The molecule has 0 spiro atoms. The summed E-state index contributed by atoms with van der Waals surface area (Å²) in [7, 11) is 17.6. The zero-order chi connectivity index (χ0) is 61.6. The third-order valence-corrected chi connectivity index (χ3v) is 12.1. The van der Waals surface area contributed by atoms with Crippen molar-refractivity contribution >= 4 is 82.1 Å². The van der Waals surface area contributed by atoms with Gasteiger partial charge in [-0.2, -0.15) is 50.6 Å². The van der Waals surface area contributed by atoms with Crippen LogP contribution in [0.25, 0.3) is 16.1 Å².